The van der Waals surface area contributed by atoms with E-state index in [4.69, 9.17) is 10.2 Å². The number of carbonyl (C=O) groups is 2. The molecule has 0 bridgehead atoms. The lowest BCUT2D eigenvalue weighted by Crippen LogP contribution is -2.49. The monoisotopic (exact) mass is 261 g/mol. The molecule has 106 valence electrons. The molecular formula is C11H23N3O4. The Morgan fingerprint density at radius 1 is 1.39 bits per heavy atom. The van der Waals surface area contributed by atoms with Crippen LogP contribution < -0.4 is 10.6 Å². The van der Waals surface area contributed by atoms with Crippen LogP contribution in [0.25, 0.3) is 0 Å². The van der Waals surface area contributed by atoms with E-state index in [9.17, 15) is 9.59 Å². The van der Waals surface area contributed by atoms with E-state index in [1.165, 1.54) is 0 Å². The molecule has 0 radical (unpaired) electrons. The van der Waals surface area contributed by atoms with Crippen molar-refractivity contribution in [3.05, 3.63) is 0 Å². The van der Waals surface area contributed by atoms with Crippen molar-refractivity contribution in [1.29, 1.82) is 0 Å². The Labute approximate surface area is 107 Å². The number of nitrogens with zero attached hydrogens (tertiary/aromatic N) is 1. The van der Waals surface area contributed by atoms with Crippen molar-refractivity contribution in [2.75, 3.05) is 26.7 Å². The molecule has 2 amide bonds. The van der Waals surface area contributed by atoms with E-state index in [2.05, 4.69) is 29.4 Å². The molecule has 4 N–H and O–H groups in total. The van der Waals surface area contributed by atoms with Crippen molar-refractivity contribution in [3.63, 3.8) is 0 Å². The lowest BCUT2D eigenvalue weighted by molar-refractivity contribution is -0.140. The fraction of sp³-hybridized carbons (Fsp3) is 0.818. The maximum atomic E-state index is 11.3. The normalized spacial score (nSPS) is 14.1. The molecule has 0 saturated carbocycles. The lowest BCUT2D eigenvalue weighted by Gasteiger charge is -2.23. The molecule has 7 nitrogen and oxygen atoms in total. The predicted octanol–water partition coefficient (Wildman–Crippen LogP) is -0.539. The summed E-state index contributed by atoms with van der Waals surface area (Å²) in [4.78, 5) is 24.0. The molecular weight excluding hydrogens is 238 g/mol. The molecule has 0 aliphatic heterocycles. The van der Waals surface area contributed by atoms with Crippen LogP contribution in [-0.4, -0.2) is 65.9 Å². The van der Waals surface area contributed by atoms with Crippen LogP contribution in [0.3, 0.4) is 0 Å². The lowest BCUT2D eigenvalue weighted by atomic mass is 10.2. The van der Waals surface area contributed by atoms with E-state index < -0.39 is 24.6 Å². The third-order valence-corrected chi connectivity index (χ3v) is 2.88. The van der Waals surface area contributed by atoms with Gasteiger partial charge in [0.05, 0.1) is 6.61 Å². The van der Waals surface area contributed by atoms with Gasteiger partial charge in [-0.15, -0.1) is 0 Å². The van der Waals surface area contributed by atoms with Gasteiger partial charge in [0.25, 0.3) is 0 Å². The molecule has 0 heterocycles. The number of hydrogen-bond acceptors (Lipinski definition) is 4. The van der Waals surface area contributed by atoms with Crippen molar-refractivity contribution in [1.82, 2.24) is 15.5 Å². The largest absolute Gasteiger partial charge is 0.480 e. The summed E-state index contributed by atoms with van der Waals surface area (Å²) in [7, 11) is 1.96. The first-order valence-electron chi connectivity index (χ1n) is 6.00. The second-order valence-corrected chi connectivity index (χ2v) is 4.21. The number of hydrogen-bond donors (Lipinski definition) is 4. The van der Waals surface area contributed by atoms with Crippen molar-refractivity contribution in [2.24, 2.45) is 0 Å². The van der Waals surface area contributed by atoms with Gasteiger partial charge in [0.15, 0.2) is 6.04 Å². The van der Waals surface area contributed by atoms with E-state index in [1.807, 2.05) is 7.05 Å². The Balaban J connectivity index is 3.87. The number of urea groups is 1. The Morgan fingerprint density at radius 2 is 2.00 bits per heavy atom. The first kappa shape index (κ1) is 16.7. The summed E-state index contributed by atoms with van der Waals surface area (Å²) in [6.45, 7) is 4.64. The molecule has 2 atom stereocenters. The highest BCUT2D eigenvalue weighted by Crippen LogP contribution is 1.97. The number of aliphatic hydroxyl groups is 1. The minimum absolute atomic E-state index is 0.421. The van der Waals surface area contributed by atoms with E-state index >= 15 is 0 Å². The number of carboxylic acid groups (broad SMARTS) is 1. The number of rotatable bonds is 8. The molecule has 7 heteroatoms. The molecule has 0 spiro atoms. The quantitative estimate of drug-likeness (QED) is 0.470. The molecule has 18 heavy (non-hydrogen) atoms. The van der Waals surface area contributed by atoms with Crippen LogP contribution in [0.15, 0.2) is 0 Å². The molecule has 0 saturated heterocycles. The van der Waals surface area contributed by atoms with Gasteiger partial charge in [0, 0.05) is 19.1 Å². The van der Waals surface area contributed by atoms with E-state index in [0.29, 0.717) is 19.1 Å². The van der Waals surface area contributed by atoms with Crippen LogP contribution in [0.2, 0.25) is 0 Å². The molecule has 0 fully saturated rings. The number of nitrogens with one attached hydrogen (secondary N) is 2. The predicted molar refractivity (Wildman–Crippen MR) is 67.4 cm³/mol. The third-order valence-electron chi connectivity index (χ3n) is 2.88. The van der Waals surface area contributed by atoms with Gasteiger partial charge in [-0.05, 0) is 20.4 Å². The van der Waals surface area contributed by atoms with E-state index in [0.717, 1.165) is 6.42 Å². The average Bonchev–Trinajstić information content (AvgIpc) is 2.34. The molecule has 0 aromatic heterocycles. The summed E-state index contributed by atoms with van der Waals surface area (Å²) in [5.41, 5.74) is 0. The number of aliphatic carboxylic acids is 1. The van der Waals surface area contributed by atoms with Gasteiger partial charge in [-0.25, -0.2) is 9.59 Å². The van der Waals surface area contributed by atoms with Gasteiger partial charge in [-0.1, -0.05) is 6.92 Å². The second-order valence-electron chi connectivity index (χ2n) is 4.21. The minimum Gasteiger partial charge on any atom is -0.480 e. The first-order chi connectivity index (χ1) is 8.42. The van der Waals surface area contributed by atoms with Gasteiger partial charge < -0.3 is 25.7 Å². The maximum Gasteiger partial charge on any atom is 0.328 e. The fourth-order valence-corrected chi connectivity index (χ4v) is 1.27. The Morgan fingerprint density at radius 3 is 2.44 bits per heavy atom. The van der Waals surface area contributed by atoms with Gasteiger partial charge in [-0.2, -0.15) is 0 Å². The van der Waals surface area contributed by atoms with Gasteiger partial charge in [0.2, 0.25) is 0 Å². The van der Waals surface area contributed by atoms with Gasteiger partial charge >= 0.3 is 12.0 Å². The summed E-state index contributed by atoms with van der Waals surface area (Å²) in [5.74, 6) is -1.26. The second kappa shape index (κ2) is 8.71. The van der Waals surface area contributed by atoms with Crippen LogP contribution in [0, 0.1) is 0 Å². The van der Waals surface area contributed by atoms with Crippen molar-refractivity contribution < 1.29 is 19.8 Å². The highest BCUT2D eigenvalue weighted by Gasteiger charge is 2.18. The number of aliphatic hydroxyl groups excluding tert-OH is 1. The smallest absolute Gasteiger partial charge is 0.328 e. The van der Waals surface area contributed by atoms with Crippen molar-refractivity contribution in [2.45, 2.75) is 32.4 Å². The minimum atomic E-state index is -1.27. The van der Waals surface area contributed by atoms with Crippen LogP contribution in [0.4, 0.5) is 4.79 Å². The average molecular weight is 261 g/mol. The Hall–Kier alpha value is -1.34. The zero-order valence-electron chi connectivity index (χ0n) is 11.1. The molecule has 0 aromatic rings. The van der Waals surface area contributed by atoms with Gasteiger partial charge in [0.1, 0.15) is 0 Å². The van der Waals surface area contributed by atoms with Crippen molar-refractivity contribution in [3.8, 4) is 0 Å². The molecule has 0 rings (SSSR count). The topological polar surface area (TPSA) is 102 Å². The van der Waals surface area contributed by atoms with Crippen molar-refractivity contribution >= 4 is 12.0 Å². The summed E-state index contributed by atoms with van der Waals surface area (Å²) < 4.78 is 0. The summed E-state index contributed by atoms with van der Waals surface area (Å²) in [6, 6.07) is -1.43. The van der Waals surface area contributed by atoms with E-state index in [1.54, 1.807) is 0 Å². The number of likely N-dealkylation sites (N-methyl/N-ethyl adjacent to an activating group) is 1. The number of amides is 2. The highest BCUT2D eigenvalue weighted by molar-refractivity contribution is 5.82. The zero-order chi connectivity index (χ0) is 14.1. The van der Waals surface area contributed by atoms with Gasteiger partial charge in [-0.3, -0.25) is 0 Å². The summed E-state index contributed by atoms with van der Waals surface area (Å²) in [5, 5.41) is 22.1. The Bertz CT molecular complexity index is 273. The molecule has 0 aliphatic rings. The SMILES string of the molecule is CCC(C)N(C)CCNC(=O)NC(CO)C(=O)O. The summed E-state index contributed by atoms with van der Waals surface area (Å²) in [6.07, 6.45) is 1.02. The maximum absolute atomic E-state index is 11.3. The summed E-state index contributed by atoms with van der Waals surface area (Å²) >= 11 is 0. The molecule has 2 unspecified atom stereocenters. The zero-order valence-corrected chi connectivity index (χ0v) is 11.1. The standard InChI is InChI=1S/C11H23N3O4/c1-4-8(2)14(3)6-5-12-11(18)13-9(7-15)10(16)17/h8-9,15H,4-7H2,1-3H3,(H,16,17)(H2,12,13,18). The van der Waals surface area contributed by atoms with E-state index in [-0.39, 0.29) is 0 Å². The number of carboxylic acids is 1. The fourth-order valence-electron chi connectivity index (χ4n) is 1.27. The Kier molecular flexibility index (Phi) is 8.06. The van der Waals surface area contributed by atoms with Crippen LogP contribution in [0.5, 0.6) is 0 Å². The first-order valence-corrected chi connectivity index (χ1v) is 6.00. The van der Waals surface area contributed by atoms with Crippen LogP contribution in [-0.2, 0) is 4.79 Å². The number of carbonyl (C=O) groups excluding carboxylic acids is 1. The third kappa shape index (κ3) is 6.41. The highest BCUT2D eigenvalue weighted by atomic mass is 16.4. The molecule has 0 aliphatic carbocycles. The van der Waals surface area contributed by atoms with Crippen LogP contribution >= 0.6 is 0 Å². The molecule has 0 aromatic carbocycles. The van der Waals surface area contributed by atoms with Crippen LogP contribution in [0.1, 0.15) is 20.3 Å².